The number of nitrogens with one attached hydrogen (secondary N) is 1. The van der Waals surface area contributed by atoms with E-state index in [9.17, 15) is 9.18 Å². The van der Waals surface area contributed by atoms with Crippen LogP contribution in [0.1, 0.15) is 20.3 Å². The lowest BCUT2D eigenvalue weighted by Gasteiger charge is -2.35. The summed E-state index contributed by atoms with van der Waals surface area (Å²) in [7, 11) is 0. The molecule has 1 heterocycles. The van der Waals surface area contributed by atoms with Gasteiger partial charge in [0.25, 0.3) is 0 Å². The van der Waals surface area contributed by atoms with Gasteiger partial charge in [-0.05, 0) is 38.1 Å². The van der Waals surface area contributed by atoms with Crippen molar-refractivity contribution in [3.8, 4) is 0 Å². The molecular formula is C15H21FN2O2. The second-order valence-corrected chi connectivity index (χ2v) is 5.32. The molecule has 0 saturated carbocycles. The Bertz CT molecular complexity index is 440. The van der Waals surface area contributed by atoms with E-state index in [1.165, 1.54) is 12.1 Å². The standard InChI is InChI=1S/C15H21FN2O2/c1-11-9-18(10-12(2)20-11)8-7-15(19)17-14-5-3-13(16)4-6-14/h3-6,11-12H,7-10H2,1-2H3,(H,17,19)/t11-,12+. The zero-order valence-electron chi connectivity index (χ0n) is 11.9. The van der Waals surface area contributed by atoms with Crippen molar-refractivity contribution in [1.82, 2.24) is 4.90 Å². The second-order valence-electron chi connectivity index (χ2n) is 5.32. The number of carbonyl (C=O) groups excluding carboxylic acids is 1. The molecule has 20 heavy (non-hydrogen) atoms. The second kappa shape index (κ2) is 6.81. The number of benzene rings is 1. The molecular weight excluding hydrogens is 259 g/mol. The third kappa shape index (κ3) is 4.58. The molecule has 1 aromatic carbocycles. The van der Waals surface area contributed by atoms with Gasteiger partial charge in [0.15, 0.2) is 0 Å². The largest absolute Gasteiger partial charge is 0.373 e. The number of rotatable bonds is 4. The first-order valence-corrected chi connectivity index (χ1v) is 6.96. The summed E-state index contributed by atoms with van der Waals surface area (Å²) in [6, 6.07) is 5.79. The summed E-state index contributed by atoms with van der Waals surface area (Å²) >= 11 is 0. The van der Waals surface area contributed by atoms with E-state index >= 15 is 0 Å². The maximum Gasteiger partial charge on any atom is 0.225 e. The topological polar surface area (TPSA) is 41.6 Å². The summed E-state index contributed by atoms with van der Waals surface area (Å²) < 4.78 is 18.4. The van der Waals surface area contributed by atoms with Crippen molar-refractivity contribution < 1.29 is 13.9 Å². The van der Waals surface area contributed by atoms with Crippen molar-refractivity contribution in [3.63, 3.8) is 0 Å². The van der Waals surface area contributed by atoms with Crippen molar-refractivity contribution in [3.05, 3.63) is 30.1 Å². The Morgan fingerprint density at radius 2 is 1.90 bits per heavy atom. The minimum Gasteiger partial charge on any atom is -0.373 e. The molecule has 1 aliphatic heterocycles. The summed E-state index contributed by atoms with van der Waals surface area (Å²) in [5.41, 5.74) is 0.625. The molecule has 0 bridgehead atoms. The van der Waals surface area contributed by atoms with Gasteiger partial charge in [0, 0.05) is 31.7 Å². The van der Waals surface area contributed by atoms with Gasteiger partial charge >= 0.3 is 0 Å². The fraction of sp³-hybridized carbons (Fsp3) is 0.533. The first-order valence-electron chi connectivity index (χ1n) is 6.96. The molecule has 1 N–H and O–H groups in total. The number of hydrogen-bond donors (Lipinski definition) is 1. The van der Waals surface area contributed by atoms with E-state index in [-0.39, 0.29) is 23.9 Å². The minimum atomic E-state index is -0.306. The summed E-state index contributed by atoms with van der Waals surface area (Å²) in [6.07, 6.45) is 0.842. The van der Waals surface area contributed by atoms with Crippen LogP contribution in [0, 0.1) is 5.82 Å². The van der Waals surface area contributed by atoms with Crippen LogP contribution >= 0.6 is 0 Å². The fourth-order valence-corrected chi connectivity index (χ4v) is 2.48. The maximum absolute atomic E-state index is 12.8. The molecule has 4 nitrogen and oxygen atoms in total. The molecule has 2 atom stereocenters. The smallest absolute Gasteiger partial charge is 0.225 e. The lowest BCUT2D eigenvalue weighted by molar-refractivity contribution is -0.117. The number of anilines is 1. The van der Waals surface area contributed by atoms with Crippen LogP contribution in [0.2, 0.25) is 0 Å². The summed E-state index contributed by atoms with van der Waals surface area (Å²) in [4.78, 5) is 14.1. The number of hydrogen-bond acceptors (Lipinski definition) is 3. The number of morpholine rings is 1. The molecule has 1 fully saturated rings. The highest BCUT2D eigenvalue weighted by Gasteiger charge is 2.22. The fourth-order valence-electron chi connectivity index (χ4n) is 2.48. The van der Waals surface area contributed by atoms with Crippen molar-refractivity contribution in [1.29, 1.82) is 0 Å². The van der Waals surface area contributed by atoms with Crippen LogP contribution in [-0.4, -0.2) is 42.6 Å². The zero-order valence-corrected chi connectivity index (χ0v) is 11.9. The van der Waals surface area contributed by atoms with Crippen molar-refractivity contribution >= 4 is 11.6 Å². The highest BCUT2D eigenvalue weighted by atomic mass is 19.1. The Hall–Kier alpha value is -1.46. The molecule has 0 aromatic heterocycles. The Morgan fingerprint density at radius 3 is 2.50 bits per heavy atom. The maximum atomic E-state index is 12.8. The van der Waals surface area contributed by atoms with E-state index in [1.807, 2.05) is 13.8 Å². The Morgan fingerprint density at radius 1 is 1.30 bits per heavy atom. The van der Waals surface area contributed by atoms with E-state index < -0.39 is 0 Å². The SMILES string of the molecule is C[C@@H]1CN(CCC(=O)Nc2ccc(F)cc2)C[C@H](C)O1. The number of ether oxygens (including phenoxy) is 1. The third-order valence-corrected chi connectivity index (χ3v) is 3.28. The molecule has 2 rings (SSSR count). The van der Waals surface area contributed by atoms with Crippen molar-refractivity contribution in [2.24, 2.45) is 0 Å². The van der Waals surface area contributed by atoms with Gasteiger partial charge in [0.2, 0.25) is 5.91 Å². The van der Waals surface area contributed by atoms with Crippen LogP contribution in [0.25, 0.3) is 0 Å². The van der Waals surface area contributed by atoms with Crippen LogP contribution in [0.3, 0.4) is 0 Å². The van der Waals surface area contributed by atoms with E-state index in [0.29, 0.717) is 18.7 Å². The van der Waals surface area contributed by atoms with Gasteiger partial charge in [0.1, 0.15) is 5.82 Å². The van der Waals surface area contributed by atoms with Crippen LogP contribution in [0.4, 0.5) is 10.1 Å². The summed E-state index contributed by atoms with van der Waals surface area (Å²) in [6.45, 7) is 6.51. The first kappa shape index (κ1) is 14.9. The molecule has 0 spiro atoms. The minimum absolute atomic E-state index is 0.0524. The zero-order chi connectivity index (χ0) is 14.5. The van der Waals surface area contributed by atoms with Crippen LogP contribution in [0.15, 0.2) is 24.3 Å². The quantitative estimate of drug-likeness (QED) is 0.920. The highest BCUT2D eigenvalue weighted by Crippen LogP contribution is 2.12. The van der Waals surface area contributed by atoms with Crippen LogP contribution in [-0.2, 0) is 9.53 Å². The van der Waals surface area contributed by atoms with Crippen LogP contribution < -0.4 is 5.32 Å². The Kier molecular flexibility index (Phi) is 5.09. The molecule has 0 radical (unpaired) electrons. The predicted octanol–water partition coefficient (Wildman–Crippen LogP) is 2.26. The van der Waals surface area contributed by atoms with E-state index in [2.05, 4.69) is 10.2 Å². The number of carbonyl (C=O) groups is 1. The van der Waals surface area contributed by atoms with Gasteiger partial charge < -0.3 is 10.1 Å². The molecule has 1 aromatic rings. The monoisotopic (exact) mass is 280 g/mol. The van der Waals surface area contributed by atoms with Gasteiger partial charge in [-0.25, -0.2) is 4.39 Å². The molecule has 0 aliphatic carbocycles. The van der Waals surface area contributed by atoms with Crippen molar-refractivity contribution in [2.75, 3.05) is 25.0 Å². The lowest BCUT2D eigenvalue weighted by atomic mass is 10.2. The number of halogens is 1. The van der Waals surface area contributed by atoms with Gasteiger partial charge in [0.05, 0.1) is 12.2 Å². The molecule has 1 aliphatic rings. The molecule has 5 heteroatoms. The Labute approximate surface area is 118 Å². The third-order valence-electron chi connectivity index (χ3n) is 3.28. The number of amides is 1. The molecule has 1 amide bonds. The summed E-state index contributed by atoms with van der Waals surface area (Å²) in [5.74, 6) is -0.359. The normalized spacial score (nSPS) is 23.6. The molecule has 0 unspecified atom stereocenters. The van der Waals surface area contributed by atoms with Gasteiger partial charge in [-0.15, -0.1) is 0 Å². The average Bonchev–Trinajstić information content (AvgIpc) is 2.38. The number of nitrogens with zero attached hydrogens (tertiary/aromatic N) is 1. The van der Waals surface area contributed by atoms with Gasteiger partial charge in [-0.2, -0.15) is 0 Å². The van der Waals surface area contributed by atoms with Crippen molar-refractivity contribution in [2.45, 2.75) is 32.5 Å². The highest BCUT2D eigenvalue weighted by molar-refractivity contribution is 5.90. The lowest BCUT2D eigenvalue weighted by Crippen LogP contribution is -2.46. The van der Waals surface area contributed by atoms with E-state index in [0.717, 1.165) is 13.1 Å². The first-order chi connectivity index (χ1) is 9.52. The molecule has 1 saturated heterocycles. The predicted molar refractivity (Wildman–Crippen MR) is 76.1 cm³/mol. The Balaban J connectivity index is 1.76. The van der Waals surface area contributed by atoms with Crippen LogP contribution in [0.5, 0.6) is 0 Å². The van der Waals surface area contributed by atoms with E-state index in [1.54, 1.807) is 12.1 Å². The van der Waals surface area contributed by atoms with E-state index in [4.69, 9.17) is 4.74 Å². The molecule has 110 valence electrons. The van der Waals surface area contributed by atoms with Gasteiger partial charge in [-0.3, -0.25) is 9.69 Å². The van der Waals surface area contributed by atoms with Gasteiger partial charge in [-0.1, -0.05) is 0 Å². The average molecular weight is 280 g/mol. The summed E-state index contributed by atoms with van der Waals surface area (Å²) in [5, 5.41) is 2.77.